The van der Waals surface area contributed by atoms with Crippen LogP contribution in [0, 0.1) is 6.92 Å². The van der Waals surface area contributed by atoms with Crippen LogP contribution in [0.25, 0.3) is 0 Å². The molecular weight excluding hydrogens is 264 g/mol. The maximum Gasteiger partial charge on any atom is 0.256 e. The molecule has 0 aliphatic carbocycles. The average Bonchev–Trinajstić information content (AvgIpc) is 2.45. The van der Waals surface area contributed by atoms with Gasteiger partial charge in [0.1, 0.15) is 0 Å². The summed E-state index contributed by atoms with van der Waals surface area (Å²) in [6.07, 6.45) is 3.06. The van der Waals surface area contributed by atoms with Gasteiger partial charge in [-0.25, -0.2) is 0 Å². The fourth-order valence-corrected chi connectivity index (χ4v) is 2.79. The number of hydrogen-bond donors (Lipinski definition) is 2. The van der Waals surface area contributed by atoms with Crippen molar-refractivity contribution < 1.29 is 9.90 Å². The number of aryl methyl sites for hydroxylation is 1. The number of piperidine rings is 1. The highest BCUT2D eigenvalue weighted by Gasteiger charge is 2.41. The topological polar surface area (TPSA) is 52.6 Å². The van der Waals surface area contributed by atoms with Crippen LogP contribution in [0.2, 0.25) is 0 Å². The summed E-state index contributed by atoms with van der Waals surface area (Å²) in [6, 6.07) is 8.13. The Hall–Kier alpha value is -1.65. The summed E-state index contributed by atoms with van der Waals surface area (Å²) >= 11 is 0. The first-order valence-corrected chi connectivity index (χ1v) is 7.44. The van der Waals surface area contributed by atoms with Crippen LogP contribution in [-0.2, 0) is 11.3 Å². The minimum Gasteiger partial charge on any atom is -0.379 e. The third-order valence-electron chi connectivity index (χ3n) is 3.87. The van der Waals surface area contributed by atoms with Gasteiger partial charge in [0, 0.05) is 26.2 Å². The Bertz CT molecular complexity index is 515. The van der Waals surface area contributed by atoms with E-state index >= 15 is 0 Å². The lowest BCUT2D eigenvalue weighted by Crippen LogP contribution is -2.57. The molecule has 1 heterocycles. The minimum atomic E-state index is -1.29. The third kappa shape index (κ3) is 3.93. The van der Waals surface area contributed by atoms with Gasteiger partial charge in [-0.3, -0.25) is 4.79 Å². The van der Waals surface area contributed by atoms with E-state index in [0.29, 0.717) is 26.1 Å². The van der Waals surface area contributed by atoms with Crippen molar-refractivity contribution in [3.05, 3.63) is 48.0 Å². The number of hydrogen-bond acceptors (Lipinski definition) is 3. The van der Waals surface area contributed by atoms with Crippen molar-refractivity contribution >= 4 is 5.91 Å². The summed E-state index contributed by atoms with van der Waals surface area (Å²) in [5, 5.41) is 13.6. The van der Waals surface area contributed by atoms with Gasteiger partial charge in [0.05, 0.1) is 0 Å². The smallest absolute Gasteiger partial charge is 0.256 e. The lowest BCUT2D eigenvalue weighted by atomic mass is 9.91. The predicted octanol–water partition coefficient (Wildman–Crippen LogP) is 1.62. The number of nitrogens with zero attached hydrogens (tertiary/aromatic N) is 1. The summed E-state index contributed by atoms with van der Waals surface area (Å²) < 4.78 is 0. The standard InChI is InChI=1S/C17H24N2O2/c1-3-9-18-13-17(21)8-5-10-19(16(17)20)12-15-7-4-6-14(2)11-15/h3-4,6-7,11,18,21H,1,5,8-10,12-13H2,2H3. The highest BCUT2D eigenvalue weighted by atomic mass is 16.3. The van der Waals surface area contributed by atoms with E-state index < -0.39 is 5.60 Å². The van der Waals surface area contributed by atoms with Gasteiger partial charge in [-0.15, -0.1) is 6.58 Å². The Morgan fingerprint density at radius 1 is 1.52 bits per heavy atom. The molecule has 1 atom stereocenters. The minimum absolute atomic E-state index is 0.174. The van der Waals surface area contributed by atoms with Crippen molar-refractivity contribution in [2.75, 3.05) is 19.6 Å². The number of carbonyl (C=O) groups excluding carboxylic acids is 1. The van der Waals surface area contributed by atoms with E-state index in [9.17, 15) is 9.90 Å². The van der Waals surface area contributed by atoms with Crippen molar-refractivity contribution in [3.63, 3.8) is 0 Å². The first-order valence-electron chi connectivity index (χ1n) is 7.44. The molecule has 1 saturated heterocycles. The van der Waals surface area contributed by atoms with Crippen LogP contribution < -0.4 is 5.32 Å². The Balaban J connectivity index is 2.03. The number of carbonyl (C=O) groups is 1. The molecule has 1 aromatic rings. The van der Waals surface area contributed by atoms with Gasteiger partial charge >= 0.3 is 0 Å². The molecule has 0 saturated carbocycles. The Kier molecular flexibility index (Phi) is 5.15. The second-order valence-electron chi connectivity index (χ2n) is 5.77. The Labute approximate surface area is 126 Å². The molecule has 0 spiro atoms. The van der Waals surface area contributed by atoms with Crippen molar-refractivity contribution in [1.29, 1.82) is 0 Å². The zero-order valence-corrected chi connectivity index (χ0v) is 12.6. The maximum atomic E-state index is 12.5. The molecule has 2 N–H and O–H groups in total. The average molecular weight is 288 g/mol. The van der Waals surface area contributed by atoms with Crippen molar-refractivity contribution in [2.24, 2.45) is 0 Å². The van der Waals surface area contributed by atoms with Crippen LogP contribution >= 0.6 is 0 Å². The van der Waals surface area contributed by atoms with E-state index in [2.05, 4.69) is 18.0 Å². The molecule has 4 heteroatoms. The van der Waals surface area contributed by atoms with Crippen LogP contribution in [0.1, 0.15) is 24.0 Å². The first-order chi connectivity index (χ1) is 10.0. The van der Waals surface area contributed by atoms with Crippen LogP contribution in [0.5, 0.6) is 0 Å². The van der Waals surface area contributed by atoms with Gasteiger partial charge in [0.25, 0.3) is 5.91 Å². The monoisotopic (exact) mass is 288 g/mol. The predicted molar refractivity (Wildman–Crippen MR) is 83.8 cm³/mol. The number of aliphatic hydroxyl groups is 1. The van der Waals surface area contributed by atoms with Crippen molar-refractivity contribution in [3.8, 4) is 0 Å². The second kappa shape index (κ2) is 6.87. The number of nitrogens with one attached hydrogen (secondary N) is 1. The summed E-state index contributed by atoms with van der Waals surface area (Å²) in [4.78, 5) is 14.3. The zero-order valence-electron chi connectivity index (χ0n) is 12.6. The summed E-state index contributed by atoms with van der Waals surface area (Å²) in [7, 11) is 0. The largest absolute Gasteiger partial charge is 0.379 e. The first kappa shape index (κ1) is 15.7. The molecule has 1 fully saturated rings. The van der Waals surface area contributed by atoms with E-state index in [1.165, 1.54) is 5.56 Å². The molecule has 114 valence electrons. The molecule has 0 bridgehead atoms. The van der Waals surface area contributed by atoms with Gasteiger partial charge in [0.2, 0.25) is 0 Å². The Morgan fingerprint density at radius 3 is 3.05 bits per heavy atom. The molecule has 21 heavy (non-hydrogen) atoms. The molecule has 1 aliphatic rings. The highest BCUT2D eigenvalue weighted by Crippen LogP contribution is 2.23. The van der Waals surface area contributed by atoms with Crippen LogP contribution in [0.15, 0.2) is 36.9 Å². The molecule has 4 nitrogen and oxygen atoms in total. The van der Waals surface area contributed by atoms with Crippen LogP contribution in [0.3, 0.4) is 0 Å². The fraction of sp³-hybridized carbons (Fsp3) is 0.471. The van der Waals surface area contributed by atoms with Crippen LogP contribution in [-0.4, -0.2) is 41.1 Å². The maximum absolute atomic E-state index is 12.5. The summed E-state index contributed by atoms with van der Waals surface area (Å²) in [5.41, 5.74) is 0.997. The molecule has 0 aromatic heterocycles. The van der Waals surface area contributed by atoms with Crippen molar-refractivity contribution in [2.45, 2.75) is 31.9 Å². The second-order valence-corrected chi connectivity index (χ2v) is 5.77. The molecule has 1 aliphatic heterocycles. The van der Waals surface area contributed by atoms with Crippen molar-refractivity contribution in [1.82, 2.24) is 10.2 Å². The summed E-state index contributed by atoms with van der Waals surface area (Å²) in [5.74, 6) is -0.174. The molecule has 1 unspecified atom stereocenters. The number of rotatable bonds is 6. The number of benzene rings is 1. The SMILES string of the molecule is C=CCNCC1(O)CCCN(Cc2cccc(C)c2)C1=O. The van der Waals surface area contributed by atoms with E-state index in [4.69, 9.17) is 0 Å². The van der Waals surface area contributed by atoms with Gasteiger partial charge in [-0.2, -0.15) is 0 Å². The number of likely N-dealkylation sites (tertiary alicyclic amines) is 1. The Morgan fingerprint density at radius 2 is 2.33 bits per heavy atom. The molecular formula is C17H24N2O2. The normalized spacial score (nSPS) is 22.4. The molecule has 2 rings (SSSR count). The zero-order chi connectivity index (χ0) is 15.3. The molecule has 1 aromatic carbocycles. The highest BCUT2D eigenvalue weighted by molar-refractivity contribution is 5.86. The lowest BCUT2D eigenvalue weighted by Gasteiger charge is -2.38. The summed E-state index contributed by atoms with van der Waals surface area (Å²) in [6.45, 7) is 7.80. The van der Waals surface area contributed by atoms with E-state index in [-0.39, 0.29) is 12.5 Å². The van der Waals surface area contributed by atoms with E-state index in [1.807, 2.05) is 25.1 Å². The van der Waals surface area contributed by atoms with Gasteiger partial charge < -0.3 is 15.3 Å². The van der Waals surface area contributed by atoms with Gasteiger partial charge in [-0.05, 0) is 25.3 Å². The lowest BCUT2D eigenvalue weighted by molar-refractivity contribution is -0.157. The van der Waals surface area contributed by atoms with Gasteiger partial charge in [-0.1, -0.05) is 35.9 Å². The van der Waals surface area contributed by atoms with E-state index in [0.717, 1.165) is 12.0 Å². The molecule has 1 amide bonds. The van der Waals surface area contributed by atoms with Crippen LogP contribution in [0.4, 0.5) is 0 Å². The fourth-order valence-electron chi connectivity index (χ4n) is 2.79. The third-order valence-corrected chi connectivity index (χ3v) is 3.87. The quantitative estimate of drug-likeness (QED) is 0.618. The number of amides is 1. The van der Waals surface area contributed by atoms with E-state index in [1.54, 1.807) is 11.0 Å². The molecule has 0 radical (unpaired) electrons. The van der Waals surface area contributed by atoms with Gasteiger partial charge in [0.15, 0.2) is 5.60 Å².